The molecular weight excluding hydrogens is 342 g/mol. The van der Waals surface area contributed by atoms with Crippen LogP contribution in [-0.2, 0) is 11.2 Å². The van der Waals surface area contributed by atoms with Gasteiger partial charge in [-0.05, 0) is 42.7 Å². The summed E-state index contributed by atoms with van der Waals surface area (Å²) in [6.45, 7) is 0. The third kappa shape index (κ3) is 3.33. The van der Waals surface area contributed by atoms with Crippen molar-refractivity contribution in [2.45, 2.75) is 18.9 Å². The van der Waals surface area contributed by atoms with E-state index in [9.17, 15) is 9.59 Å². The summed E-state index contributed by atoms with van der Waals surface area (Å²) in [6.07, 6.45) is 1.20. The summed E-state index contributed by atoms with van der Waals surface area (Å²) in [6, 6.07) is 17.6. The number of hydrogen-bond acceptors (Lipinski definition) is 4. The van der Waals surface area contributed by atoms with Crippen molar-refractivity contribution < 1.29 is 9.53 Å². The molecule has 1 aliphatic rings. The molecule has 136 valence electrons. The van der Waals surface area contributed by atoms with Crippen molar-refractivity contribution in [2.24, 2.45) is 0 Å². The van der Waals surface area contributed by atoms with Crippen molar-refractivity contribution in [1.82, 2.24) is 9.78 Å². The Bertz CT molecular complexity index is 1060. The Morgan fingerprint density at radius 3 is 2.78 bits per heavy atom. The number of benzene rings is 2. The van der Waals surface area contributed by atoms with Gasteiger partial charge in [0.15, 0.2) is 0 Å². The zero-order valence-electron chi connectivity index (χ0n) is 14.9. The van der Waals surface area contributed by atoms with Crippen LogP contribution in [0.2, 0.25) is 0 Å². The average molecular weight is 361 g/mol. The molecule has 1 amide bonds. The Morgan fingerprint density at radius 1 is 1.07 bits per heavy atom. The number of carbonyl (C=O) groups excluding carboxylic acids is 1. The largest absolute Gasteiger partial charge is 0.497 e. The second-order valence-electron chi connectivity index (χ2n) is 6.43. The highest BCUT2D eigenvalue weighted by Gasteiger charge is 2.27. The topological polar surface area (TPSA) is 73.2 Å². The number of methoxy groups -OCH3 is 1. The average Bonchev–Trinajstić information content (AvgIpc) is 2.86. The molecule has 1 aromatic heterocycles. The summed E-state index contributed by atoms with van der Waals surface area (Å²) < 4.78 is 6.54. The van der Waals surface area contributed by atoms with Crippen LogP contribution in [0.25, 0.3) is 11.3 Å². The van der Waals surface area contributed by atoms with Gasteiger partial charge < -0.3 is 10.1 Å². The monoisotopic (exact) mass is 361 g/mol. The van der Waals surface area contributed by atoms with E-state index in [0.717, 1.165) is 16.8 Å². The Kier molecular flexibility index (Phi) is 4.46. The van der Waals surface area contributed by atoms with E-state index in [1.807, 2.05) is 48.5 Å². The molecular formula is C21H19N3O3. The van der Waals surface area contributed by atoms with E-state index in [0.29, 0.717) is 24.3 Å². The number of rotatable bonds is 3. The van der Waals surface area contributed by atoms with Gasteiger partial charge in [0.05, 0.1) is 12.8 Å². The van der Waals surface area contributed by atoms with Gasteiger partial charge in [-0.25, -0.2) is 4.68 Å². The molecule has 1 N–H and O–H groups in total. The Hall–Kier alpha value is -3.41. The van der Waals surface area contributed by atoms with Crippen LogP contribution in [0.15, 0.2) is 65.5 Å². The maximum absolute atomic E-state index is 12.7. The maximum Gasteiger partial charge on any atom is 0.267 e. The molecule has 0 saturated carbocycles. The maximum atomic E-state index is 12.7. The fraction of sp³-hybridized carbons (Fsp3) is 0.190. The lowest BCUT2D eigenvalue weighted by atomic mass is 10.1. The van der Waals surface area contributed by atoms with E-state index >= 15 is 0 Å². The van der Waals surface area contributed by atoms with Crippen molar-refractivity contribution in [3.63, 3.8) is 0 Å². The van der Waals surface area contributed by atoms with Gasteiger partial charge in [-0.15, -0.1) is 0 Å². The molecule has 3 aromatic rings. The van der Waals surface area contributed by atoms with Crippen molar-refractivity contribution in [2.75, 3.05) is 12.4 Å². The van der Waals surface area contributed by atoms with Crippen LogP contribution in [-0.4, -0.2) is 22.8 Å². The van der Waals surface area contributed by atoms with E-state index in [1.54, 1.807) is 13.2 Å². The first kappa shape index (κ1) is 17.0. The number of fused-ring (bicyclic) bond motifs is 1. The molecule has 1 aliphatic heterocycles. The van der Waals surface area contributed by atoms with E-state index < -0.39 is 6.04 Å². The highest BCUT2D eigenvalue weighted by molar-refractivity contribution is 5.95. The van der Waals surface area contributed by atoms with Gasteiger partial charge in [0.2, 0.25) is 5.91 Å². The van der Waals surface area contributed by atoms with Gasteiger partial charge in [0.1, 0.15) is 11.8 Å². The first-order valence-electron chi connectivity index (χ1n) is 8.79. The third-order valence-electron chi connectivity index (χ3n) is 4.75. The summed E-state index contributed by atoms with van der Waals surface area (Å²) in [5.74, 6) is 0.479. The number of carbonyl (C=O) groups is 1. The van der Waals surface area contributed by atoms with Crippen molar-refractivity contribution in [1.29, 1.82) is 0 Å². The quantitative estimate of drug-likeness (QED) is 0.778. The number of hydrogen-bond donors (Lipinski definition) is 1. The molecule has 0 radical (unpaired) electrons. The van der Waals surface area contributed by atoms with Crippen LogP contribution >= 0.6 is 0 Å². The predicted octanol–water partition coefficient (Wildman–Crippen LogP) is 3.04. The standard InChI is InChI=1S/C21H19N3O3/c1-27-16-7-4-6-15(13-16)18-10-12-20(25)24(23-18)19-11-9-14-5-2-3-8-17(14)22-21(19)26/h2-8,10,12-13,19H,9,11H2,1H3,(H,22,26)/t19-/m1/s1. The Labute approximate surface area is 156 Å². The number of nitrogens with one attached hydrogen (secondary N) is 1. The molecule has 6 heteroatoms. The van der Waals surface area contributed by atoms with E-state index in [-0.39, 0.29) is 11.5 Å². The SMILES string of the molecule is COc1cccc(-c2ccc(=O)n([C@@H]3CCc4ccccc4NC3=O)n2)c1. The van der Waals surface area contributed by atoms with Crippen LogP contribution in [0.4, 0.5) is 5.69 Å². The van der Waals surface area contributed by atoms with E-state index in [2.05, 4.69) is 10.4 Å². The van der Waals surface area contributed by atoms with Gasteiger partial charge in [-0.3, -0.25) is 9.59 Å². The molecule has 0 fully saturated rings. The lowest BCUT2D eigenvalue weighted by Crippen LogP contribution is -2.34. The van der Waals surface area contributed by atoms with Gasteiger partial charge in [-0.1, -0.05) is 30.3 Å². The number of aromatic nitrogens is 2. The second-order valence-corrected chi connectivity index (χ2v) is 6.43. The summed E-state index contributed by atoms with van der Waals surface area (Å²) in [5, 5.41) is 7.40. The normalized spacial score (nSPS) is 16.2. The van der Waals surface area contributed by atoms with Gasteiger partial charge >= 0.3 is 0 Å². The Balaban J connectivity index is 1.71. The second kappa shape index (κ2) is 7.07. The highest BCUT2D eigenvalue weighted by atomic mass is 16.5. The van der Waals surface area contributed by atoms with Crippen LogP contribution in [0.1, 0.15) is 18.0 Å². The number of nitrogens with zero attached hydrogens (tertiary/aromatic N) is 2. The third-order valence-corrected chi connectivity index (χ3v) is 4.75. The summed E-state index contributed by atoms with van der Waals surface area (Å²) in [4.78, 5) is 25.2. The molecule has 6 nitrogen and oxygen atoms in total. The molecule has 0 aliphatic carbocycles. The molecule has 1 atom stereocenters. The van der Waals surface area contributed by atoms with Crippen molar-refractivity contribution >= 4 is 11.6 Å². The first-order valence-corrected chi connectivity index (χ1v) is 8.79. The molecule has 4 rings (SSSR count). The Morgan fingerprint density at radius 2 is 1.93 bits per heavy atom. The summed E-state index contributed by atoms with van der Waals surface area (Å²) in [5.41, 5.74) is 2.99. The van der Waals surface area contributed by atoms with Crippen LogP contribution in [0, 0.1) is 0 Å². The smallest absolute Gasteiger partial charge is 0.267 e. The van der Waals surface area contributed by atoms with Gasteiger partial charge in [-0.2, -0.15) is 5.10 Å². The van der Waals surface area contributed by atoms with Crippen LogP contribution in [0.3, 0.4) is 0 Å². The minimum absolute atomic E-state index is 0.225. The molecule has 2 heterocycles. The molecule has 27 heavy (non-hydrogen) atoms. The fourth-order valence-electron chi connectivity index (χ4n) is 3.32. The lowest BCUT2D eigenvalue weighted by Gasteiger charge is -2.16. The van der Waals surface area contributed by atoms with Gasteiger partial charge in [0.25, 0.3) is 5.56 Å². The van der Waals surface area contributed by atoms with E-state index in [4.69, 9.17) is 4.74 Å². The number of aryl methyl sites for hydroxylation is 1. The lowest BCUT2D eigenvalue weighted by molar-refractivity contribution is -0.119. The van der Waals surface area contributed by atoms with Crippen LogP contribution in [0.5, 0.6) is 5.75 Å². The van der Waals surface area contributed by atoms with Crippen molar-refractivity contribution in [3.8, 4) is 17.0 Å². The minimum atomic E-state index is -0.657. The zero-order valence-corrected chi connectivity index (χ0v) is 14.9. The number of para-hydroxylation sites is 1. The van der Waals surface area contributed by atoms with Crippen LogP contribution < -0.4 is 15.6 Å². The van der Waals surface area contributed by atoms with Gasteiger partial charge in [0, 0.05) is 17.3 Å². The summed E-state index contributed by atoms with van der Waals surface area (Å²) >= 11 is 0. The number of amides is 1. The number of ether oxygens (including phenoxy) is 1. The molecule has 0 bridgehead atoms. The zero-order chi connectivity index (χ0) is 18.8. The first-order chi connectivity index (χ1) is 13.2. The molecule has 0 unspecified atom stereocenters. The highest BCUT2D eigenvalue weighted by Crippen LogP contribution is 2.27. The summed E-state index contributed by atoms with van der Waals surface area (Å²) in [7, 11) is 1.60. The number of anilines is 1. The molecule has 0 spiro atoms. The minimum Gasteiger partial charge on any atom is -0.497 e. The predicted molar refractivity (Wildman–Crippen MR) is 103 cm³/mol. The fourth-order valence-corrected chi connectivity index (χ4v) is 3.32. The van der Waals surface area contributed by atoms with E-state index in [1.165, 1.54) is 10.7 Å². The molecule has 0 saturated heterocycles. The molecule has 2 aromatic carbocycles. The van der Waals surface area contributed by atoms with Crippen molar-refractivity contribution in [3.05, 3.63) is 76.6 Å².